The molecule has 10 nitrogen and oxygen atoms in total. The van der Waals surface area contributed by atoms with Gasteiger partial charge in [-0.05, 0) is 45.6 Å². The van der Waals surface area contributed by atoms with Crippen molar-refractivity contribution in [2.24, 2.45) is 0 Å². The second-order valence-corrected chi connectivity index (χ2v) is 9.81. The second kappa shape index (κ2) is 10.0. The Kier molecular flexibility index (Phi) is 7.06. The second-order valence-electron chi connectivity index (χ2n) is 9.81. The molecule has 2 bridgehead atoms. The van der Waals surface area contributed by atoms with Gasteiger partial charge in [-0.2, -0.15) is 5.06 Å². The summed E-state index contributed by atoms with van der Waals surface area (Å²) in [5.41, 5.74) is 0.489. The van der Waals surface area contributed by atoms with E-state index in [1.807, 2.05) is 51.1 Å². The van der Waals surface area contributed by atoms with Gasteiger partial charge in [-0.3, -0.25) is 4.84 Å². The zero-order chi connectivity index (χ0) is 24.3. The lowest BCUT2D eigenvalue weighted by molar-refractivity contribution is -0.140. The van der Waals surface area contributed by atoms with Gasteiger partial charge < -0.3 is 19.0 Å². The molecule has 2 unspecified atom stereocenters. The molecule has 2 aliphatic rings. The highest BCUT2D eigenvalue weighted by Crippen LogP contribution is 2.38. The van der Waals surface area contributed by atoms with E-state index in [0.29, 0.717) is 44.3 Å². The van der Waals surface area contributed by atoms with Gasteiger partial charge >= 0.3 is 12.1 Å². The van der Waals surface area contributed by atoms with Crippen molar-refractivity contribution in [2.45, 2.75) is 70.7 Å². The number of piperidine rings is 1. The fraction of sp³-hybridized carbons (Fsp3) is 0.583. The first kappa shape index (κ1) is 24.0. The van der Waals surface area contributed by atoms with Crippen molar-refractivity contribution < 1.29 is 23.6 Å². The molecule has 0 radical (unpaired) electrons. The predicted molar refractivity (Wildman–Crippen MR) is 122 cm³/mol. The minimum atomic E-state index is -0.527. The van der Waals surface area contributed by atoms with Gasteiger partial charge in [0.05, 0.1) is 6.04 Å². The van der Waals surface area contributed by atoms with E-state index in [1.165, 1.54) is 9.96 Å². The van der Waals surface area contributed by atoms with Crippen molar-refractivity contribution in [3.8, 4) is 0 Å². The number of hydrogen-bond donors (Lipinski definition) is 0. The number of carbonyl (C=O) groups is 2. The van der Waals surface area contributed by atoms with E-state index in [4.69, 9.17) is 14.0 Å². The quantitative estimate of drug-likeness (QED) is 0.575. The number of aryl methyl sites for hydroxylation is 1. The lowest BCUT2D eigenvalue weighted by Gasteiger charge is -2.27. The number of amides is 3. The van der Waals surface area contributed by atoms with Crippen LogP contribution in [0.15, 0.2) is 34.7 Å². The fourth-order valence-corrected chi connectivity index (χ4v) is 4.17. The number of nitrogens with zero attached hydrogens (tertiary/aromatic N) is 5. The van der Waals surface area contributed by atoms with E-state index in [0.717, 1.165) is 18.4 Å². The highest BCUT2D eigenvalue weighted by atomic mass is 16.7. The number of rotatable bonds is 8. The van der Waals surface area contributed by atoms with E-state index in [2.05, 4.69) is 10.2 Å². The van der Waals surface area contributed by atoms with E-state index in [9.17, 15) is 9.59 Å². The zero-order valence-corrected chi connectivity index (χ0v) is 20.3. The highest BCUT2D eigenvalue weighted by molar-refractivity contribution is 5.77. The Morgan fingerprint density at radius 1 is 1.21 bits per heavy atom. The molecular formula is C24H33N5O5. The number of urea groups is 1. The Balaban J connectivity index is 1.28. The normalized spacial score (nSPS) is 20.1. The third kappa shape index (κ3) is 5.67. The number of carbonyl (C=O) groups excluding carboxylic acids is 2. The minimum absolute atomic E-state index is 0.0262. The Bertz CT molecular complexity index is 989. The van der Waals surface area contributed by atoms with Crippen molar-refractivity contribution in [3.63, 3.8) is 0 Å². The SMILES string of the molecule is CN(CCCc1nnc(C2CCC3CN2C(=O)N3OCc2ccccc2)o1)C(=O)OC(C)(C)C. The molecule has 2 aromatic rings. The standard InChI is InChI=1S/C24H33N5O5/c1-24(2,3)34-23(31)27(4)14-8-11-20-25-26-21(33-20)19-13-12-18-15-28(19)22(30)29(18)32-16-17-9-6-5-7-10-17/h5-7,9-10,18-19H,8,11-16H2,1-4H3. The monoisotopic (exact) mass is 471 g/mol. The summed E-state index contributed by atoms with van der Waals surface area (Å²) in [4.78, 5) is 34.2. The van der Waals surface area contributed by atoms with Crippen LogP contribution in [0.25, 0.3) is 0 Å². The molecule has 10 heteroatoms. The maximum absolute atomic E-state index is 13.0. The number of aromatic nitrogens is 2. The average Bonchev–Trinajstić information content (AvgIpc) is 3.35. The van der Waals surface area contributed by atoms with Crippen LogP contribution in [0.2, 0.25) is 0 Å². The van der Waals surface area contributed by atoms with Crippen LogP contribution in [0.3, 0.4) is 0 Å². The molecule has 1 aromatic carbocycles. The van der Waals surface area contributed by atoms with Gasteiger partial charge in [0.1, 0.15) is 18.2 Å². The first-order valence-corrected chi connectivity index (χ1v) is 11.7. The van der Waals surface area contributed by atoms with E-state index in [1.54, 1.807) is 11.9 Å². The molecule has 2 fully saturated rings. The van der Waals surface area contributed by atoms with Crippen molar-refractivity contribution in [1.29, 1.82) is 0 Å². The van der Waals surface area contributed by atoms with Gasteiger partial charge in [0.25, 0.3) is 0 Å². The predicted octanol–water partition coefficient (Wildman–Crippen LogP) is 3.94. The molecule has 184 valence electrons. The van der Waals surface area contributed by atoms with E-state index in [-0.39, 0.29) is 24.2 Å². The first-order chi connectivity index (χ1) is 16.2. The molecule has 0 saturated carbocycles. The number of ether oxygens (including phenoxy) is 1. The Hall–Kier alpha value is -3.14. The van der Waals surface area contributed by atoms with Crippen molar-refractivity contribution >= 4 is 12.1 Å². The summed E-state index contributed by atoms with van der Waals surface area (Å²) in [5, 5.41) is 9.87. The summed E-state index contributed by atoms with van der Waals surface area (Å²) in [7, 11) is 1.70. The number of fused-ring (bicyclic) bond motifs is 2. The van der Waals surface area contributed by atoms with Gasteiger partial charge in [-0.25, -0.2) is 9.59 Å². The molecule has 3 heterocycles. The lowest BCUT2D eigenvalue weighted by Crippen LogP contribution is -2.34. The third-order valence-electron chi connectivity index (χ3n) is 5.89. The maximum Gasteiger partial charge on any atom is 0.410 e. The number of hydrogen-bond acceptors (Lipinski definition) is 7. The minimum Gasteiger partial charge on any atom is -0.444 e. The number of benzene rings is 1. The van der Waals surface area contributed by atoms with Crippen LogP contribution < -0.4 is 0 Å². The summed E-state index contributed by atoms with van der Waals surface area (Å²) in [6.45, 7) is 6.96. The Labute approximate surface area is 199 Å². The van der Waals surface area contributed by atoms with Gasteiger partial charge in [-0.15, -0.1) is 10.2 Å². The molecule has 3 amide bonds. The molecule has 0 aliphatic carbocycles. The zero-order valence-electron chi connectivity index (χ0n) is 20.3. The van der Waals surface area contributed by atoms with Crippen molar-refractivity contribution in [2.75, 3.05) is 20.1 Å². The van der Waals surface area contributed by atoms with Crippen LogP contribution in [0, 0.1) is 0 Å². The fourth-order valence-electron chi connectivity index (χ4n) is 4.17. The molecule has 34 heavy (non-hydrogen) atoms. The molecular weight excluding hydrogens is 438 g/mol. The van der Waals surface area contributed by atoms with Crippen LogP contribution in [0.4, 0.5) is 9.59 Å². The molecule has 0 N–H and O–H groups in total. The average molecular weight is 472 g/mol. The molecule has 4 rings (SSSR count). The van der Waals surface area contributed by atoms with Crippen LogP contribution in [-0.4, -0.2) is 69.0 Å². The van der Waals surface area contributed by atoms with Crippen LogP contribution in [0.5, 0.6) is 0 Å². The van der Waals surface area contributed by atoms with Crippen LogP contribution in [-0.2, 0) is 22.6 Å². The lowest BCUT2D eigenvalue weighted by atomic mass is 10.0. The molecule has 1 aromatic heterocycles. The smallest absolute Gasteiger partial charge is 0.410 e. The Morgan fingerprint density at radius 3 is 2.71 bits per heavy atom. The summed E-state index contributed by atoms with van der Waals surface area (Å²) in [6, 6.07) is 9.41. The first-order valence-electron chi connectivity index (χ1n) is 11.7. The molecule has 2 aliphatic heterocycles. The van der Waals surface area contributed by atoms with Gasteiger partial charge in [0.15, 0.2) is 0 Å². The highest BCUT2D eigenvalue weighted by Gasteiger charge is 2.47. The Morgan fingerprint density at radius 2 is 1.97 bits per heavy atom. The topological polar surface area (TPSA) is 101 Å². The van der Waals surface area contributed by atoms with Crippen molar-refractivity contribution in [1.82, 2.24) is 25.1 Å². The van der Waals surface area contributed by atoms with E-state index >= 15 is 0 Å². The van der Waals surface area contributed by atoms with Crippen LogP contribution in [0.1, 0.15) is 63.4 Å². The molecule has 0 spiro atoms. The summed E-state index contributed by atoms with van der Waals surface area (Å²) < 4.78 is 11.3. The largest absolute Gasteiger partial charge is 0.444 e. The number of hydroxylamine groups is 2. The van der Waals surface area contributed by atoms with Gasteiger partial charge in [-0.1, -0.05) is 30.3 Å². The molecule has 2 atom stereocenters. The molecule has 2 saturated heterocycles. The third-order valence-corrected chi connectivity index (χ3v) is 5.89. The van der Waals surface area contributed by atoms with Crippen molar-refractivity contribution in [3.05, 3.63) is 47.7 Å². The van der Waals surface area contributed by atoms with Crippen LogP contribution >= 0.6 is 0 Å². The summed E-state index contributed by atoms with van der Waals surface area (Å²) in [5.74, 6) is 0.950. The van der Waals surface area contributed by atoms with E-state index < -0.39 is 5.60 Å². The van der Waals surface area contributed by atoms with Gasteiger partial charge in [0.2, 0.25) is 11.8 Å². The summed E-state index contributed by atoms with van der Waals surface area (Å²) in [6.07, 6.45) is 2.39. The maximum atomic E-state index is 13.0. The van der Waals surface area contributed by atoms with Gasteiger partial charge in [0, 0.05) is 26.6 Å². The summed E-state index contributed by atoms with van der Waals surface area (Å²) >= 11 is 0.